The molecule has 3 heteroatoms. The van der Waals surface area contributed by atoms with Crippen LogP contribution >= 0.6 is 11.6 Å². The number of pyridine rings is 1. The van der Waals surface area contributed by atoms with Gasteiger partial charge in [-0.2, -0.15) is 0 Å². The summed E-state index contributed by atoms with van der Waals surface area (Å²) in [5.41, 5.74) is 11.2. The fourth-order valence-corrected chi connectivity index (χ4v) is 4.83. The highest BCUT2D eigenvalue weighted by Gasteiger charge is 2.15. The van der Waals surface area contributed by atoms with Gasteiger partial charge in [0.05, 0.1) is 5.02 Å². The molecule has 0 aliphatic carbocycles. The van der Waals surface area contributed by atoms with Crippen LogP contribution in [-0.2, 0) is 7.05 Å². The molecular formula is C35H31ClN2. The first-order chi connectivity index (χ1) is 18.4. The first kappa shape index (κ1) is 26.7. The summed E-state index contributed by atoms with van der Waals surface area (Å²) in [5.74, 6) is 0. The second kappa shape index (κ2) is 11.8. The molecule has 0 saturated heterocycles. The summed E-state index contributed by atoms with van der Waals surface area (Å²) in [7, 11) is 1.98. The number of hydrogen-bond donors (Lipinski definition) is 0. The zero-order valence-electron chi connectivity index (χ0n) is 21.9. The Morgan fingerprint density at radius 1 is 0.763 bits per heavy atom. The Balaban J connectivity index is 1.83. The van der Waals surface area contributed by atoms with Gasteiger partial charge < -0.3 is 4.57 Å². The van der Waals surface area contributed by atoms with Crippen molar-refractivity contribution in [3.8, 4) is 33.4 Å². The standard InChI is InChI=1S/C35H31ClN2/c1-7-25(8-2)23-37-34-22-29(19-20-38(34)6)30-13-11-14-31(24(30)5)33-16-12-15-32(35(33)36)28-18-17-26(9-3)27(10-4)21-28/h7-23H,1-4H2,5-6H3/b37-34-. The molecule has 0 aliphatic heterocycles. The van der Waals surface area contributed by atoms with E-state index in [0.717, 1.165) is 66.2 Å². The maximum atomic E-state index is 7.07. The summed E-state index contributed by atoms with van der Waals surface area (Å²) in [4.78, 5) is 4.65. The predicted octanol–water partition coefficient (Wildman–Crippen LogP) is 9.43. The topological polar surface area (TPSA) is 17.3 Å². The number of rotatable bonds is 8. The average molecular weight is 515 g/mol. The number of benzene rings is 3. The van der Waals surface area contributed by atoms with Crippen molar-refractivity contribution in [2.45, 2.75) is 6.92 Å². The lowest BCUT2D eigenvalue weighted by Crippen LogP contribution is -2.16. The molecule has 0 unspecified atom stereocenters. The number of aryl methyl sites for hydroxylation is 1. The maximum Gasteiger partial charge on any atom is 0.132 e. The van der Waals surface area contributed by atoms with Gasteiger partial charge in [-0.15, -0.1) is 0 Å². The van der Waals surface area contributed by atoms with Crippen molar-refractivity contribution in [2.24, 2.45) is 12.0 Å². The van der Waals surface area contributed by atoms with E-state index in [0.29, 0.717) is 0 Å². The van der Waals surface area contributed by atoms with E-state index in [2.05, 4.69) is 105 Å². The average Bonchev–Trinajstić information content (AvgIpc) is 2.94. The van der Waals surface area contributed by atoms with E-state index in [1.165, 1.54) is 0 Å². The fraction of sp³-hybridized carbons (Fsp3) is 0.0571. The molecule has 0 bridgehead atoms. The monoisotopic (exact) mass is 514 g/mol. The molecule has 2 nitrogen and oxygen atoms in total. The Morgan fingerprint density at radius 2 is 1.39 bits per heavy atom. The van der Waals surface area contributed by atoms with E-state index in [-0.39, 0.29) is 0 Å². The molecule has 0 amide bonds. The van der Waals surface area contributed by atoms with E-state index in [4.69, 9.17) is 11.6 Å². The molecule has 4 aromatic rings. The lowest BCUT2D eigenvalue weighted by atomic mass is 9.91. The quantitative estimate of drug-likeness (QED) is 0.208. The lowest BCUT2D eigenvalue weighted by molar-refractivity contribution is 0.834. The number of aromatic nitrogens is 1. The highest BCUT2D eigenvalue weighted by molar-refractivity contribution is 6.36. The molecule has 0 aliphatic rings. The molecule has 0 radical (unpaired) electrons. The van der Waals surface area contributed by atoms with Gasteiger partial charge in [-0.25, -0.2) is 4.99 Å². The summed E-state index contributed by atoms with van der Waals surface area (Å²) in [6.07, 6.45) is 10.9. The van der Waals surface area contributed by atoms with Gasteiger partial charge in [0.15, 0.2) is 0 Å². The van der Waals surface area contributed by atoms with Crippen LogP contribution in [0.5, 0.6) is 0 Å². The van der Waals surface area contributed by atoms with Gasteiger partial charge in [-0.3, -0.25) is 0 Å². The number of halogens is 1. The normalized spacial score (nSPS) is 11.1. The lowest BCUT2D eigenvalue weighted by Gasteiger charge is -2.16. The molecule has 4 rings (SSSR count). The van der Waals surface area contributed by atoms with Crippen LogP contribution in [0.15, 0.2) is 128 Å². The highest BCUT2D eigenvalue weighted by atomic mass is 35.5. The summed E-state index contributed by atoms with van der Waals surface area (Å²) >= 11 is 7.07. The molecule has 0 saturated carbocycles. The summed E-state index contributed by atoms with van der Waals surface area (Å²) in [6.45, 7) is 17.6. The van der Waals surface area contributed by atoms with Gasteiger partial charge in [0.1, 0.15) is 5.49 Å². The van der Waals surface area contributed by atoms with Crippen molar-refractivity contribution in [1.29, 1.82) is 0 Å². The first-order valence-electron chi connectivity index (χ1n) is 12.4. The van der Waals surface area contributed by atoms with E-state index in [1.54, 1.807) is 18.4 Å². The van der Waals surface area contributed by atoms with Crippen molar-refractivity contribution in [2.75, 3.05) is 0 Å². The number of allylic oxidation sites excluding steroid dienone is 3. The third-order valence-corrected chi connectivity index (χ3v) is 7.12. The third-order valence-electron chi connectivity index (χ3n) is 6.71. The van der Waals surface area contributed by atoms with Crippen LogP contribution in [0.2, 0.25) is 5.02 Å². The molecule has 0 spiro atoms. The minimum absolute atomic E-state index is 0.718. The van der Waals surface area contributed by atoms with Crippen LogP contribution in [0.3, 0.4) is 0 Å². The van der Waals surface area contributed by atoms with Crippen molar-refractivity contribution < 1.29 is 0 Å². The molecule has 0 N–H and O–H groups in total. The molecule has 0 fully saturated rings. The summed E-state index contributed by atoms with van der Waals surface area (Å²) in [5, 5.41) is 0.718. The van der Waals surface area contributed by atoms with E-state index >= 15 is 0 Å². The maximum absolute atomic E-state index is 7.07. The van der Waals surface area contributed by atoms with Crippen LogP contribution in [0.1, 0.15) is 16.7 Å². The van der Waals surface area contributed by atoms with Gasteiger partial charge in [0.25, 0.3) is 0 Å². The van der Waals surface area contributed by atoms with Crippen molar-refractivity contribution in [3.05, 3.63) is 150 Å². The smallest absolute Gasteiger partial charge is 0.132 e. The van der Waals surface area contributed by atoms with Crippen LogP contribution in [0.4, 0.5) is 0 Å². The van der Waals surface area contributed by atoms with Gasteiger partial charge in [0.2, 0.25) is 0 Å². The fourth-order valence-electron chi connectivity index (χ4n) is 4.49. The molecule has 1 aromatic heterocycles. The zero-order valence-corrected chi connectivity index (χ0v) is 22.7. The number of nitrogens with zero attached hydrogens (tertiary/aromatic N) is 2. The van der Waals surface area contributed by atoms with Crippen molar-refractivity contribution in [1.82, 2.24) is 4.57 Å². The largest absolute Gasteiger partial charge is 0.336 e. The van der Waals surface area contributed by atoms with Crippen LogP contribution < -0.4 is 5.49 Å². The minimum atomic E-state index is 0.718. The molecular weight excluding hydrogens is 484 g/mol. The van der Waals surface area contributed by atoms with Gasteiger partial charge in [-0.1, -0.05) is 111 Å². The van der Waals surface area contributed by atoms with Gasteiger partial charge in [-0.05, 0) is 69.6 Å². The molecule has 0 atom stereocenters. The predicted molar refractivity (Wildman–Crippen MR) is 166 cm³/mol. The Morgan fingerprint density at radius 3 is 2.08 bits per heavy atom. The second-order valence-corrected chi connectivity index (χ2v) is 9.33. The highest BCUT2D eigenvalue weighted by Crippen LogP contribution is 2.40. The summed E-state index contributed by atoms with van der Waals surface area (Å²) < 4.78 is 1.98. The van der Waals surface area contributed by atoms with Crippen LogP contribution in [0.25, 0.3) is 45.5 Å². The van der Waals surface area contributed by atoms with E-state index in [9.17, 15) is 0 Å². The zero-order chi connectivity index (χ0) is 27.2. The van der Waals surface area contributed by atoms with Crippen molar-refractivity contribution in [3.63, 3.8) is 0 Å². The Hall–Kier alpha value is -4.40. The number of hydrogen-bond acceptors (Lipinski definition) is 1. The van der Waals surface area contributed by atoms with Crippen molar-refractivity contribution >= 4 is 23.8 Å². The first-order valence-corrected chi connectivity index (χ1v) is 12.7. The molecule has 188 valence electrons. The second-order valence-electron chi connectivity index (χ2n) is 8.95. The summed E-state index contributed by atoms with van der Waals surface area (Å²) in [6, 6.07) is 22.9. The molecule has 3 aromatic carbocycles. The molecule has 1 heterocycles. The molecule has 38 heavy (non-hydrogen) atoms. The van der Waals surface area contributed by atoms with Gasteiger partial charge in [0, 0.05) is 30.6 Å². The SMILES string of the molecule is C=CC(C=C)=C/N=c1/cc(-c2cccc(-c3cccc(-c4ccc(C=C)c(C=C)c4)c3Cl)c2C)ccn1C. The third kappa shape index (κ3) is 5.32. The Labute approximate surface area is 230 Å². The van der Waals surface area contributed by atoms with Gasteiger partial charge >= 0.3 is 0 Å². The van der Waals surface area contributed by atoms with Crippen LogP contribution in [-0.4, -0.2) is 4.57 Å². The van der Waals surface area contributed by atoms with E-state index < -0.39 is 0 Å². The van der Waals surface area contributed by atoms with E-state index in [1.807, 2.05) is 30.0 Å². The Bertz CT molecular complexity index is 1650. The minimum Gasteiger partial charge on any atom is -0.336 e. The van der Waals surface area contributed by atoms with Crippen LogP contribution in [0, 0.1) is 6.92 Å². The Kier molecular flexibility index (Phi) is 8.25.